The molecule has 0 N–H and O–H groups in total. The van der Waals surface area contributed by atoms with E-state index in [1.54, 1.807) is 25.1 Å². The molecule has 24 heavy (non-hydrogen) atoms. The first-order chi connectivity index (χ1) is 11.3. The normalized spacial score (nSPS) is 18.1. The largest absolute Gasteiger partial charge is 0.463 e. The van der Waals surface area contributed by atoms with E-state index in [1.807, 2.05) is 13.1 Å². The smallest absolute Gasteiger partial charge is 0.416 e. The van der Waals surface area contributed by atoms with Gasteiger partial charge in [-0.2, -0.15) is 13.2 Å². The van der Waals surface area contributed by atoms with Crippen LogP contribution in [-0.2, 0) is 15.7 Å². The maximum absolute atomic E-state index is 12.8. The molecule has 0 aromatic heterocycles. The number of ether oxygens (including phenoxy) is 1. The molecule has 2 rings (SSSR count). The van der Waals surface area contributed by atoms with Crippen LogP contribution < -0.4 is 0 Å². The van der Waals surface area contributed by atoms with Crippen LogP contribution in [0.1, 0.15) is 37.3 Å². The molecule has 0 amide bonds. The van der Waals surface area contributed by atoms with E-state index in [2.05, 4.69) is 0 Å². The van der Waals surface area contributed by atoms with E-state index in [1.165, 1.54) is 12.1 Å². The van der Waals surface area contributed by atoms with Crippen molar-refractivity contribution in [3.8, 4) is 0 Å². The molecule has 0 radical (unpaired) electrons. The topological polar surface area (TPSA) is 29.5 Å². The minimum absolute atomic E-state index is 0.241. The van der Waals surface area contributed by atoms with Crippen LogP contribution in [0.3, 0.4) is 0 Å². The van der Waals surface area contributed by atoms with Crippen molar-refractivity contribution < 1.29 is 22.7 Å². The number of hydrogen-bond acceptors (Lipinski definition) is 3. The first-order valence-corrected chi connectivity index (χ1v) is 7.76. The summed E-state index contributed by atoms with van der Waals surface area (Å²) < 4.78 is 43.4. The third-order valence-electron chi connectivity index (χ3n) is 3.88. The fraction of sp³-hybridized carbons (Fsp3) is 0.389. The van der Waals surface area contributed by atoms with Crippen LogP contribution in [0.25, 0.3) is 0 Å². The molecule has 0 saturated heterocycles. The van der Waals surface area contributed by atoms with Crippen molar-refractivity contribution in [2.24, 2.45) is 0 Å². The number of hydrogen-bond donors (Lipinski definition) is 0. The van der Waals surface area contributed by atoms with Crippen LogP contribution in [0, 0.1) is 0 Å². The summed E-state index contributed by atoms with van der Waals surface area (Å²) in [6.45, 7) is 3.91. The fourth-order valence-electron chi connectivity index (χ4n) is 2.81. The Hall–Kier alpha value is -2.24. The summed E-state index contributed by atoms with van der Waals surface area (Å²) >= 11 is 0. The molecule has 0 bridgehead atoms. The summed E-state index contributed by atoms with van der Waals surface area (Å²) in [5.41, 5.74) is 1.31. The molecule has 1 aromatic carbocycles. The van der Waals surface area contributed by atoms with E-state index in [0.29, 0.717) is 17.6 Å². The number of allylic oxidation sites excluding steroid dienone is 1. The van der Waals surface area contributed by atoms with Gasteiger partial charge in [-0.3, -0.25) is 0 Å². The molecule has 0 spiro atoms. The fourth-order valence-corrected chi connectivity index (χ4v) is 2.81. The molecule has 1 unspecified atom stereocenters. The standard InChI is InChI=1S/C18H20F3NO2/c1-4-12-10-22(3)11-15(17(23)24-5-2)16(12)13-6-8-14(9-7-13)18(19,20)21/h6-11,16H,4-5H2,1-3H3. The second-order valence-electron chi connectivity index (χ2n) is 5.58. The van der Waals surface area contributed by atoms with Crippen LogP contribution in [0.2, 0.25) is 0 Å². The summed E-state index contributed by atoms with van der Waals surface area (Å²) in [5, 5.41) is 0. The van der Waals surface area contributed by atoms with Gasteiger partial charge in [0, 0.05) is 25.4 Å². The summed E-state index contributed by atoms with van der Waals surface area (Å²) in [6.07, 6.45) is -0.147. The SMILES string of the molecule is CCOC(=O)C1=CN(C)C=C(CC)C1c1ccc(C(F)(F)F)cc1. The van der Waals surface area contributed by atoms with E-state index in [-0.39, 0.29) is 6.61 Å². The minimum atomic E-state index is -4.38. The molecule has 1 heterocycles. The van der Waals surface area contributed by atoms with Crippen molar-refractivity contribution in [3.63, 3.8) is 0 Å². The Balaban J connectivity index is 2.44. The Labute approximate surface area is 139 Å². The third kappa shape index (κ3) is 3.80. The molecule has 0 aliphatic carbocycles. The Kier molecular flexibility index (Phi) is 5.36. The highest BCUT2D eigenvalue weighted by Crippen LogP contribution is 2.38. The number of esters is 1. The van der Waals surface area contributed by atoms with Crippen LogP contribution in [-0.4, -0.2) is 24.5 Å². The van der Waals surface area contributed by atoms with Crippen LogP contribution in [0.5, 0.6) is 0 Å². The van der Waals surface area contributed by atoms with Gasteiger partial charge in [0.2, 0.25) is 0 Å². The summed E-state index contributed by atoms with van der Waals surface area (Å²) in [7, 11) is 1.80. The monoisotopic (exact) mass is 339 g/mol. The molecule has 1 aliphatic rings. The van der Waals surface area contributed by atoms with Gasteiger partial charge in [-0.1, -0.05) is 19.1 Å². The highest BCUT2D eigenvalue weighted by molar-refractivity contribution is 5.91. The number of alkyl halides is 3. The zero-order valence-electron chi connectivity index (χ0n) is 13.9. The quantitative estimate of drug-likeness (QED) is 0.758. The number of nitrogens with zero attached hydrogens (tertiary/aromatic N) is 1. The molecule has 3 nitrogen and oxygen atoms in total. The van der Waals surface area contributed by atoms with Crippen molar-refractivity contribution in [1.29, 1.82) is 0 Å². The van der Waals surface area contributed by atoms with E-state index >= 15 is 0 Å². The molecule has 6 heteroatoms. The van der Waals surface area contributed by atoms with Crippen molar-refractivity contribution in [2.45, 2.75) is 32.4 Å². The lowest BCUT2D eigenvalue weighted by Gasteiger charge is -2.29. The Morgan fingerprint density at radius 1 is 1.17 bits per heavy atom. The van der Waals surface area contributed by atoms with Gasteiger partial charge in [0.25, 0.3) is 0 Å². The summed E-state index contributed by atoms with van der Waals surface area (Å²) in [4.78, 5) is 14.1. The average molecular weight is 339 g/mol. The van der Waals surface area contributed by atoms with Gasteiger partial charge >= 0.3 is 12.1 Å². The predicted octanol–water partition coefficient (Wildman–Crippen LogP) is 4.48. The van der Waals surface area contributed by atoms with Crippen LogP contribution in [0.15, 0.2) is 47.8 Å². The number of benzene rings is 1. The lowest BCUT2D eigenvalue weighted by Crippen LogP contribution is -2.24. The third-order valence-corrected chi connectivity index (χ3v) is 3.88. The molecule has 1 aromatic rings. The molecule has 0 fully saturated rings. The molecule has 1 atom stereocenters. The Bertz CT molecular complexity index is 660. The average Bonchev–Trinajstić information content (AvgIpc) is 2.53. The lowest BCUT2D eigenvalue weighted by atomic mass is 9.82. The van der Waals surface area contributed by atoms with Crippen molar-refractivity contribution >= 4 is 5.97 Å². The Morgan fingerprint density at radius 3 is 2.29 bits per heavy atom. The number of carbonyl (C=O) groups excluding carboxylic acids is 1. The zero-order chi connectivity index (χ0) is 17.9. The van der Waals surface area contributed by atoms with Gasteiger partial charge in [0.15, 0.2) is 0 Å². The maximum atomic E-state index is 12.8. The minimum Gasteiger partial charge on any atom is -0.463 e. The van der Waals surface area contributed by atoms with E-state index in [0.717, 1.165) is 17.7 Å². The van der Waals surface area contributed by atoms with Crippen LogP contribution in [0.4, 0.5) is 13.2 Å². The molecule has 1 aliphatic heterocycles. The number of carbonyl (C=O) groups is 1. The van der Waals surface area contributed by atoms with Gasteiger partial charge in [-0.05, 0) is 36.6 Å². The van der Waals surface area contributed by atoms with Gasteiger partial charge in [0.05, 0.1) is 17.7 Å². The number of halogens is 3. The van der Waals surface area contributed by atoms with Gasteiger partial charge < -0.3 is 9.64 Å². The predicted molar refractivity (Wildman–Crippen MR) is 85.0 cm³/mol. The van der Waals surface area contributed by atoms with Crippen molar-refractivity contribution in [1.82, 2.24) is 4.90 Å². The van der Waals surface area contributed by atoms with Crippen molar-refractivity contribution in [2.75, 3.05) is 13.7 Å². The van der Waals surface area contributed by atoms with Gasteiger partial charge in [-0.15, -0.1) is 0 Å². The van der Waals surface area contributed by atoms with Gasteiger partial charge in [-0.25, -0.2) is 4.79 Å². The highest BCUT2D eigenvalue weighted by Gasteiger charge is 2.33. The molecule has 130 valence electrons. The number of rotatable bonds is 4. The highest BCUT2D eigenvalue weighted by atomic mass is 19.4. The summed E-state index contributed by atoms with van der Waals surface area (Å²) in [5.74, 6) is -0.846. The van der Waals surface area contributed by atoms with Crippen molar-refractivity contribution in [3.05, 3.63) is 58.9 Å². The maximum Gasteiger partial charge on any atom is 0.416 e. The molecular weight excluding hydrogens is 319 g/mol. The second kappa shape index (κ2) is 7.11. The second-order valence-corrected chi connectivity index (χ2v) is 5.58. The van der Waals surface area contributed by atoms with Gasteiger partial charge in [0.1, 0.15) is 0 Å². The molecule has 0 saturated carbocycles. The summed E-state index contributed by atoms with van der Waals surface area (Å²) in [6, 6.07) is 4.94. The van der Waals surface area contributed by atoms with E-state index in [4.69, 9.17) is 4.74 Å². The Morgan fingerprint density at radius 2 is 1.79 bits per heavy atom. The molecular formula is C18H20F3NO2. The first-order valence-electron chi connectivity index (χ1n) is 7.76. The van der Waals surface area contributed by atoms with E-state index in [9.17, 15) is 18.0 Å². The first kappa shape index (κ1) is 18.1. The van der Waals surface area contributed by atoms with E-state index < -0.39 is 23.6 Å². The lowest BCUT2D eigenvalue weighted by molar-refractivity contribution is -0.139. The zero-order valence-corrected chi connectivity index (χ0v) is 13.9. The van der Waals surface area contributed by atoms with Crippen LogP contribution >= 0.6 is 0 Å².